The molecule has 0 bridgehead atoms. The number of benzene rings is 1. The fraction of sp³-hybridized carbons (Fsp3) is 0.455. The Hall–Kier alpha value is -1.86. The number of nitro groups is 1. The largest absolute Gasteiger partial charge is 0.504 e. The summed E-state index contributed by atoms with van der Waals surface area (Å²) in [5.74, 6) is -0.116. The number of methoxy groups -OCH3 is 1. The molecule has 0 aliphatic rings. The van der Waals surface area contributed by atoms with E-state index in [9.17, 15) is 15.2 Å². The molecule has 0 radical (unpaired) electrons. The number of ether oxygens (including phenoxy) is 1. The van der Waals surface area contributed by atoms with Crippen LogP contribution >= 0.6 is 0 Å². The highest BCUT2D eigenvalue weighted by Crippen LogP contribution is 2.38. The van der Waals surface area contributed by atoms with Crippen LogP contribution in [0.25, 0.3) is 0 Å². The van der Waals surface area contributed by atoms with Gasteiger partial charge in [-0.2, -0.15) is 0 Å². The van der Waals surface area contributed by atoms with E-state index in [2.05, 4.69) is 0 Å². The highest BCUT2D eigenvalue weighted by atomic mass is 16.6. The van der Waals surface area contributed by atoms with E-state index in [-0.39, 0.29) is 17.2 Å². The van der Waals surface area contributed by atoms with E-state index in [4.69, 9.17) is 16.2 Å². The number of nitrogens with two attached hydrogens (primary N) is 2. The molecule has 0 unspecified atom stereocenters. The molecule has 100 valence electrons. The normalized spacial score (nSPS) is 12.2. The Morgan fingerprint density at radius 3 is 2.72 bits per heavy atom. The first kappa shape index (κ1) is 14.2. The van der Waals surface area contributed by atoms with Crippen LogP contribution < -0.4 is 16.2 Å². The maximum absolute atomic E-state index is 10.8. The number of nitro benzene ring substituents is 1. The molecule has 0 spiro atoms. The highest BCUT2D eigenvalue weighted by Gasteiger charge is 2.20. The van der Waals surface area contributed by atoms with Crippen molar-refractivity contribution >= 4 is 5.69 Å². The predicted molar refractivity (Wildman–Crippen MR) is 66.5 cm³/mol. The number of nitrogens with zero attached hydrogens (tertiary/aromatic N) is 1. The zero-order chi connectivity index (χ0) is 13.7. The lowest BCUT2D eigenvalue weighted by Gasteiger charge is -2.15. The Bertz CT molecular complexity index is 437. The standard InChI is InChI=1S/C11H17N3O4/c1-18-10-6-7(14(16)17)5-8(11(10)15)9(13)3-2-4-12/h5-6,9,15H,2-4,12-13H2,1H3/t9-/m0/s1. The van der Waals surface area contributed by atoms with Crippen LogP contribution in [0.4, 0.5) is 5.69 Å². The van der Waals surface area contributed by atoms with Crippen molar-refractivity contribution in [3.05, 3.63) is 27.8 Å². The van der Waals surface area contributed by atoms with Gasteiger partial charge < -0.3 is 21.3 Å². The van der Waals surface area contributed by atoms with Gasteiger partial charge in [0.2, 0.25) is 0 Å². The summed E-state index contributed by atoms with van der Waals surface area (Å²) in [6.45, 7) is 0.473. The third-order valence-electron chi connectivity index (χ3n) is 2.64. The number of aromatic hydroxyl groups is 1. The van der Waals surface area contributed by atoms with Crippen LogP contribution in [0.15, 0.2) is 12.1 Å². The molecule has 7 heteroatoms. The topological polar surface area (TPSA) is 125 Å². The summed E-state index contributed by atoms with van der Waals surface area (Å²) in [5.41, 5.74) is 11.4. The van der Waals surface area contributed by atoms with Gasteiger partial charge >= 0.3 is 0 Å². The molecule has 1 atom stereocenters. The molecule has 0 heterocycles. The Balaban J connectivity index is 3.15. The minimum Gasteiger partial charge on any atom is -0.504 e. The monoisotopic (exact) mass is 255 g/mol. The Kier molecular flexibility index (Phi) is 4.87. The van der Waals surface area contributed by atoms with E-state index < -0.39 is 11.0 Å². The fourth-order valence-electron chi connectivity index (χ4n) is 1.65. The molecule has 1 aromatic rings. The van der Waals surface area contributed by atoms with Crippen LogP contribution in [0.3, 0.4) is 0 Å². The first-order valence-electron chi connectivity index (χ1n) is 5.52. The average Bonchev–Trinajstić information content (AvgIpc) is 2.35. The van der Waals surface area contributed by atoms with Crippen LogP contribution in [0.1, 0.15) is 24.4 Å². The second-order valence-electron chi connectivity index (χ2n) is 3.88. The first-order chi connectivity index (χ1) is 8.51. The number of hydrogen-bond donors (Lipinski definition) is 3. The van der Waals surface area contributed by atoms with Gasteiger partial charge in [0, 0.05) is 17.7 Å². The van der Waals surface area contributed by atoms with Crippen LogP contribution in [0, 0.1) is 10.1 Å². The SMILES string of the molecule is COc1cc([N+](=O)[O-])cc([C@@H](N)CCCN)c1O. The molecule has 0 saturated carbocycles. The van der Waals surface area contributed by atoms with Crippen LogP contribution in [-0.2, 0) is 0 Å². The molecule has 18 heavy (non-hydrogen) atoms. The quantitative estimate of drug-likeness (QED) is 0.515. The van der Waals surface area contributed by atoms with Gasteiger partial charge in [-0.15, -0.1) is 0 Å². The van der Waals surface area contributed by atoms with Crippen molar-refractivity contribution in [2.45, 2.75) is 18.9 Å². The summed E-state index contributed by atoms with van der Waals surface area (Å²) in [4.78, 5) is 10.2. The summed E-state index contributed by atoms with van der Waals surface area (Å²) in [7, 11) is 1.33. The second-order valence-corrected chi connectivity index (χ2v) is 3.88. The molecule has 0 amide bonds. The molecule has 1 rings (SSSR count). The molecular formula is C11H17N3O4. The van der Waals surface area contributed by atoms with E-state index in [1.165, 1.54) is 13.2 Å². The Labute approximate surface area is 104 Å². The van der Waals surface area contributed by atoms with Crippen molar-refractivity contribution in [1.29, 1.82) is 0 Å². The molecule has 1 aromatic carbocycles. The van der Waals surface area contributed by atoms with Gasteiger partial charge in [0.25, 0.3) is 5.69 Å². The molecule has 0 fully saturated rings. The van der Waals surface area contributed by atoms with Crippen molar-refractivity contribution in [3.63, 3.8) is 0 Å². The van der Waals surface area contributed by atoms with Gasteiger partial charge in [0.15, 0.2) is 11.5 Å². The van der Waals surface area contributed by atoms with Crippen LogP contribution in [0.5, 0.6) is 11.5 Å². The van der Waals surface area contributed by atoms with Gasteiger partial charge in [-0.05, 0) is 19.4 Å². The molecule has 0 saturated heterocycles. The fourth-order valence-corrected chi connectivity index (χ4v) is 1.65. The zero-order valence-electron chi connectivity index (χ0n) is 10.1. The highest BCUT2D eigenvalue weighted by molar-refractivity contribution is 5.54. The molecular weight excluding hydrogens is 238 g/mol. The van der Waals surface area contributed by atoms with Crippen molar-refractivity contribution in [1.82, 2.24) is 0 Å². The number of phenolic OH excluding ortho intramolecular Hbond substituents is 1. The summed E-state index contributed by atoms with van der Waals surface area (Å²) in [6, 6.07) is 1.91. The molecule has 5 N–H and O–H groups in total. The van der Waals surface area contributed by atoms with Crippen molar-refractivity contribution in [2.75, 3.05) is 13.7 Å². The van der Waals surface area contributed by atoms with Crippen LogP contribution in [0.2, 0.25) is 0 Å². The third-order valence-corrected chi connectivity index (χ3v) is 2.64. The molecule has 0 aromatic heterocycles. The summed E-state index contributed by atoms with van der Waals surface area (Å²) in [6.07, 6.45) is 1.21. The average molecular weight is 255 g/mol. The van der Waals surface area contributed by atoms with E-state index in [0.29, 0.717) is 24.9 Å². The van der Waals surface area contributed by atoms with Crippen molar-refractivity contribution in [3.8, 4) is 11.5 Å². The minimum absolute atomic E-state index is 0.0439. The lowest BCUT2D eigenvalue weighted by atomic mass is 10.0. The molecule has 7 nitrogen and oxygen atoms in total. The van der Waals surface area contributed by atoms with Gasteiger partial charge in [0.1, 0.15) is 0 Å². The van der Waals surface area contributed by atoms with Crippen molar-refractivity contribution in [2.24, 2.45) is 11.5 Å². The van der Waals surface area contributed by atoms with Gasteiger partial charge in [-0.1, -0.05) is 0 Å². The lowest BCUT2D eigenvalue weighted by Crippen LogP contribution is -2.13. The Morgan fingerprint density at radius 2 is 2.22 bits per heavy atom. The first-order valence-corrected chi connectivity index (χ1v) is 5.52. The number of phenols is 1. The van der Waals surface area contributed by atoms with Gasteiger partial charge in [-0.3, -0.25) is 10.1 Å². The van der Waals surface area contributed by atoms with E-state index >= 15 is 0 Å². The van der Waals surface area contributed by atoms with E-state index in [1.807, 2.05) is 0 Å². The molecule has 0 aliphatic heterocycles. The summed E-state index contributed by atoms with van der Waals surface area (Å²) < 4.78 is 4.90. The number of non-ortho nitro benzene ring substituents is 1. The maximum atomic E-state index is 10.8. The second kappa shape index (κ2) is 6.18. The van der Waals surface area contributed by atoms with Gasteiger partial charge in [0.05, 0.1) is 18.1 Å². The van der Waals surface area contributed by atoms with E-state index in [0.717, 1.165) is 6.07 Å². The van der Waals surface area contributed by atoms with Crippen molar-refractivity contribution < 1.29 is 14.8 Å². The van der Waals surface area contributed by atoms with Gasteiger partial charge in [-0.25, -0.2) is 0 Å². The summed E-state index contributed by atoms with van der Waals surface area (Å²) in [5, 5.41) is 20.7. The van der Waals surface area contributed by atoms with Crippen LogP contribution in [-0.4, -0.2) is 23.7 Å². The summed E-state index contributed by atoms with van der Waals surface area (Å²) >= 11 is 0. The van der Waals surface area contributed by atoms with E-state index in [1.54, 1.807) is 0 Å². The Morgan fingerprint density at radius 1 is 1.56 bits per heavy atom. The smallest absolute Gasteiger partial charge is 0.273 e. The number of hydrogen-bond acceptors (Lipinski definition) is 6. The minimum atomic E-state index is -0.554. The predicted octanol–water partition coefficient (Wildman–Crippen LogP) is 1.05. The zero-order valence-corrected chi connectivity index (χ0v) is 10.1. The number of rotatable bonds is 6. The third kappa shape index (κ3) is 3.08. The molecule has 0 aliphatic carbocycles. The lowest BCUT2D eigenvalue weighted by molar-refractivity contribution is -0.385. The maximum Gasteiger partial charge on any atom is 0.273 e.